The molecule has 196 valence electrons. The van der Waals surface area contributed by atoms with Gasteiger partial charge in [0.2, 0.25) is 0 Å². The minimum atomic E-state index is -0.981. The molecular weight excluding hydrogens is 432 g/mol. The van der Waals surface area contributed by atoms with Crippen LogP contribution in [-0.2, 0) is 19.1 Å². The molecular formula is C24H46O9. The average molecular weight is 479 g/mol. The van der Waals surface area contributed by atoms with E-state index < -0.39 is 11.4 Å². The molecule has 0 aliphatic rings. The van der Waals surface area contributed by atoms with Crippen molar-refractivity contribution >= 4 is 18.4 Å². The predicted octanol–water partition coefficient (Wildman–Crippen LogP) is 3.42. The number of carboxylic acids is 1. The first-order valence-corrected chi connectivity index (χ1v) is 11.1. The minimum Gasteiger partial charge on any atom is -0.483 e. The Morgan fingerprint density at radius 2 is 1.39 bits per heavy atom. The SMILES string of the molecule is C=C(C)C(=O)OCCCCCCCC(C)C.C=CC(=O)O.CCC(CO)(CO)CO.O=CO. The Balaban J connectivity index is -0.000000207. The van der Waals surface area contributed by atoms with E-state index in [1.807, 2.05) is 6.92 Å². The number of carbonyl (C=O) groups excluding carboxylic acids is 1. The molecule has 0 atom stereocenters. The van der Waals surface area contributed by atoms with Crippen molar-refractivity contribution in [2.45, 2.75) is 72.6 Å². The molecule has 0 spiro atoms. The van der Waals surface area contributed by atoms with Crippen molar-refractivity contribution in [3.05, 3.63) is 24.8 Å². The molecule has 5 N–H and O–H groups in total. The van der Waals surface area contributed by atoms with E-state index in [9.17, 15) is 9.59 Å². The number of esters is 1. The van der Waals surface area contributed by atoms with Crippen molar-refractivity contribution in [1.29, 1.82) is 0 Å². The van der Waals surface area contributed by atoms with Gasteiger partial charge in [0.25, 0.3) is 6.47 Å². The maximum atomic E-state index is 11.0. The molecule has 33 heavy (non-hydrogen) atoms. The van der Waals surface area contributed by atoms with Crippen LogP contribution < -0.4 is 0 Å². The molecule has 0 aromatic carbocycles. The Morgan fingerprint density at radius 3 is 1.67 bits per heavy atom. The van der Waals surface area contributed by atoms with Gasteiger partial charge in [0, 0.05) is 17.1 Å². The Labute approximate surface area is 198 Å². The Bertz CT molecular complexity index is 481. The van der Waals surface area contributed by atoms with E-state index in [1.165, 1.54) is 25.7 Å². The van der Waals surface area contributed by atoms with Crippen molar-refractivity contribution in [2.24, 2.45) is 11.3 Å². The third-order valence-corrected chi connectivity index (χ3v) is 4.44. The smallest absolute Gasteiger partial charge is 0.333 e. The van der Waals surface area contributed by atoms with Gasteiger partial charge in [-0.15, -0.1) is 0 Å². The first-order chi connectivity index (χ1) is 15.5. The van der Waals surface area contributed by atoms with Gasteiger partial charge in [-0.3, -0.25) is 4.79 Å². The van der Waals surface area contributed by atoms with Crippen LogP contribution in [-0.4, -0.2) is 70.4 Å². The summed E-state index contributed by atoms with van der Waals surface area (Å²) in [4.78, 5) is 28.6. The number of hydrogen-bond acceptors (Lipinski definition) is 7. The number of carboxylic acid groups (broad SMARTS) is 2. The van der Waals surface area contributed by atoms with E-state index >= 15 is 0 Å². The van der Waals surface area contributed by atoms with E-state index in [2.05, 4.69) is 27.0 Å². The highest BCUT2D eigenvalue weighted by Crippen LogP contribution is 2.18. The monoisotopic (exact) mass is 478 g/mol. The fourth-order valence-corrected chi connectivity index (χ4v) is 1.96. The third kappa shape index (κ3) is 32.0. The second kappa shape index (κ2) is 27.8. The van der Waals surface area contributed by atoms with Crippen LogP contribution in [0.1, 0.15) is 72.6 Å². The summed E-state index contributed by atoms with van der Waals surface area (Å²) in [6, 6.07) is 0. The second-order valence-electron chi connectivity index (χ2n) is 7.84. The van der Waals surface area contributed by atoms with Gasteiger partial charge in [-0.1, -0.05) is 66.0 Å². The molecule has 0 aromatic heterocycles. The second-order valence-corrected chi connectivity index (χ2v) is 7.84. The molecule has 0 aliphatic heterocycles. The normalized spacial score (nSPS) is 9.70. The average Bonchev–Trinajstić information content (AvgIpc) is 2.78. The summed E-state index contributed by atoms with van der Waals surface area (Å²) in [6.45, 7) is 14.3. The zero-order valence-corrected chi connectivity index (χ0v) is 20.8. The van der Waals surface area contributed by atoms with Gasteiger partial charge >= 0.3 is 11.9 Å². The summed E-state index contributed by atoms with van der Waals surface area (Å²) in [7, 11) is 0. The van der Waals surface area contributed by atoms with Gasteiger partial charge in [0.1, 0.15) is 0 Å². The van der Waals surface area contributed by atoms with Crippen LogP contribution in [0.25, 0.3) is 0 Å². The van der Waals surface area contributed by atoms with Crippen LogP contribution in [0.5, 0.6) is 0 Å². The van der Waals surface area contributed by atoms with Gasteiger partial charge in [-0.05, 0) is 25.7 Å². The highest BCUT2D eigenvalue weighted by atomic mass is 16.5. The number of aliphatic hydroxyl groups excluding tert-OH is 3. The topological polar surface area (TPSA) is 162 Å². The standard InChI is InChI=1S/C14H26O2.C6H14O3.C3H4O2.CH2O2/c1-12(2)10-8-6-5-7-9-11-16-14(15)13(3)4;1-2-6(3-7,4-8)5-9;1-2-3(4)5;2-1-3/h12H,3,5-11H2,1-2,4H3;7-9H,2-5H2,1H3;2H,1H2,(H,4,5);1H,(H,2,3). The summed E-state index contributed by atoms with van der Waals surface area (Å²) in [5, 5.41) is 40.5. The number of aliphatic carboxylic acids is 1. The summed E-state index contributed by atoms with van der Waals surface area (Å²) < 4.78 is 5.01. The molecule has 9 heteroatoms. The summed E-state index contributed by atoms with van der Waals surface area (Å²) in [6.07, 6.45) is 8.75. The molecule has 0 aromatic rings. The number of ether oxygens (including phenoxy) is 1. The lowest BCUT2D eigenvalue weighted by Crippen LogP contribution is -2.32. The predicted molar refractivity (Wildman–Crippen MR) is 129 cm³/mol. The number of unbranched alkanes of at least 4 members (excludes halogenated alkanes) is 4. The molecule has 0 amide bonds. The van der Waals surface area contributed by atoms with Gasteiger partial charge in [0.05, 0.1) is 26.4 Å². The van der Waals surface area contributed by atoms with Crippen LogP contribution in [0.2, 0.25) is 0 Å². The molecule has 0 bridgehead atoms. The fraction of sp³-hybridized carbons (Fsp3) is 0.708. The van der Waals surface area contributed by atoms with Crippen molar-refractivity contribution < 1.29 is 44.7 Å². The van der Waals surface area contributed by atoms with Gasteiger partial charge in [-0.25, -0.2) is 9.59 Å². The fourth-order valence-electron chi connectivity index (χ4n) is 1.96. The molecule has 0 unspecified atom stereocenters. The minimum absolute atomic E-state index is 0.156. The summed E-state index contributed by atoms with van der Waals surface area (Å²) in [5.41, 5.74) is -0.183. The Hall–Kier alpha value is -2.23. The highest BCUT2D eigenvalue weighted by molar-refractivity contribution is 5.86. The van der Waals surface area contributed by atoms with Crippen molar-refractivity contribution in [3.8, 4) is 0 Å². The highest BCUT2D eigenvalue weighted by Gasteiger charge is 2.24. The lowest BCUT2D eigenvalue weighted by Gasteiger charge is -2.24. The number of aliphatic hydroxyl groups is 3. The quantitative estimate of drug-likeness (QED) is 0.109. The van der Waals surface area contributed by atoms with Gasteiger partial charge < -0.3 is 30.3 Å². The third-order valence-electron chi connectivity index (χ3n) is 4.44. The largest absolute Gasteiger partial charge is 0.483 e. The molecule has 0 saturated carbocycles. The van der Waals surface area contributed by atoms with Crippen LogP contribution >= 0.6 is 0 Å². The molecule has 0 rings (SSSR count). The van der Waals surface area contributed by atoms with Crippen molar-refractivity contribution in [3.63, 3.8) is 0 Å². The number of rotatable bonds is 14. The van der Waals surface area contributed by atoms with E-state index in [4.69, 9.17) is 35.1 Å². The lowest BCUT2D eigenvalue weighted by molar-refractivity contribution is -0.139. The van der Waals surface area contributed by atoms with E-state index in [1.54, 1.807) is 6.92 Å². The molecule has 0 radical (unpaired) electrons. The van der Waals surface area contributed by atoms with Gasteiger partial charge in [-0.2, -0.15) is 0 Å². The maximum absolute atomic E-state index is 11.0. The number of hydrogen-bond donors (Lipinski definition) is 5. The summed E-state index contributed by atoms with van der Waals surface area (Å²) in [5.74, 6) is -0.429. The van der Waals surface area contributed by atoms with E-state index in [0.29, 0.717) is 18.6 Å². The molecule has 0 saturated heterocycles. The van der Waals surface area contributed by atoms with Crippen molar-refractivity contribution in [1.82, 2.24) is 0 Å². The van der Waals surface area contributed by atoms with Gasteiger partial charge in [0.15, 0.2) is 0 Å². The van der Waals surface area contributed by atoms with E-state index in [-0.39, 0.29) is 32.3 Å². The first kappa shape index (κ1) is 38.1. The van der Waals surface area contributed by atoms with Crippen LogP contribution in [0.15, 0.2) is 24.8 Å². The molecule has 0 fully saturated rings. The molecule has 0 aliphatic carbocycles. The van der Waals surface area contributed by atoms with Crippen LogP contribution in [0.3, 0.4) is 0 Å². The molecule has 9 nitrogen and oxygen atoms in total. The maximum Gasteiger partial charge on any atom is 0.333 e. The van der Waals surface area contributed by atoms with Crippen molar-refractivity contribution in [2.75, 3.05) is 26.4 Å². The van der Waals surface area contributed by atoms with Crippen LogP contribution in [0.4, 0.5) is 0 Å². The molecule has 0 heterocycles. The zero-order chi connectivity index (χ0) is 26.7. The lowest BCUT2D eigenvalue weighted by atomic mass is 9.88. The Kier molecular flexibility index (Phi) is 32.1. The first-order valence-electron chi connectivity index (χ1n) is 11.1. The summed E-state index contributed by atoms with van der Waals surface area (Å²) >= 11 is 0. The van der Waals surface area contributed by atoms with Crippen LogP contribution in [0, 0.1) is 11.3 Å². The number of carbonyl (C=O) groups is 3. The van der Waals surface area contributed by atoms with E-state index in [0.717, 1.165) is 24.8 Å². The zero-order valence-electron chi connectivity index (χ0n) is 20.8. The Morgan fingerprint density at radius 1 is 1.00 bits per heavy atom.